The van der Waals surface area contributed by atoms with Gasteiger partial charge in [-0.3, -0.25) is 0 Å². The predicted octanol–water partition coefficient (Wildman–Crippen LogP) is 9.24. The smallest absolute Gasteiger partial charge is 0.338 e. The molecule has 8 atom stereocenters. The van der Waals surface area contributed by atoms with Crippen LogP contribution in [0.2, 0.25) is 0 Å². The number of hydrogen-bond donors (Lipinski definition) is 0. The molecule has 210 valence electrons. The molecule has 0 aromatic heterocycles. The second kappa shape index (κ2) is 11.6. The number of unbranched alkanes of at least 4 members (excludes halogenated alkanes) is 4. The fraction of sp³-hybridized carbons (Fsp3) is 0.667. The van der Waals surface area contributed by atoms with Crippen molar-refractivity contribution in [1.29, 1.82) is 5.26 Å². The molecule has 0 aliphatic heterocycles. The number of benzene rings is 1. The van der Waals surface area contributed by atoms with Crippen molar-refractivity contribution >= 4 is 5.97 Å². The third kappa shape index (κ3) is 5.38. The van der Waals surface area contributed by atoms with Gasteiger partial charge in [-0.25, -0.2) is 4.79 Å². The lowest BCUT2D eigenvalue weighted by Gasteiger charge is -2.57. The Bertz CT molecular complexity index is 1130. The van der Waals surface area contributed by atoms with E-state index in [-0.39, 0.29) is 23.4 Å². The van der Waals surface area contributed by atoms with Crippen molar-refractivity contribution in [2.45, 2.75) is 111 Å². The molecule has 5 rings (SSSR count). The van der Waals surface area contributed by atoms with E-state index < -0.39 is 0 Å². The van der Waals surface area contributed by atoms with E-state index in [4.69, 9.17) is 4.74 Å². The van der Waals surface area contributed by atoms with E-state index in [0.29, 0.717) is 28.7 Å². The predicted molar refractivity (Wildman–Crippen MR) is 158 cm³/mol. The monoisotopic (exact) mass is 527 g/mol. The fourth-order valence-corrected chi connectivity index (χ4v) is 9.20. The minimum atomic E-state index is -0.214. The van der Waals surface area contributed by atoms with Gasteiger partial charge < -0.3 is 4.74 Å². The number of aryl methyl sites for hydroxylation is 1. The Labute approximate surface area is 237 Å². The Hall–Kier alpha value is -2.34. The first-order valence-corrected chi connectivity index (χ1v) is 15.9. The van der Waals surface area contributed by atoms with Crippen LogP contribution >= 0.6 is 0 Å². The van der Waals surface area contributed by atoms with Gasteiger partial charge in [0, 0.05) is 17.8 Å². The molecule has 4 aliphatic carbocycles. The number of rotatable bonds is 9. The van der Waals surface area contributed by atoms with Gasteiger partial charge in [0.25, 0.3) is 0 Å². The third-order valence-electron chi connectivity index (χ3n) is 11.5. The van der Waals surface area contributed by atoms with Crippen LogP contribution in [0.1, 0.15) is 114 Å². The maximum atomic E-state index is 13.0. The summed E-state index contributed by atoms with van der Waals surface area (Å²) in [6.07, 6.45) is 21.2. The van der Waals surface area contributed by atoms with E-state index in [9.17, 15) is 10.1 Å². The summed E-state index contributed by atoms with van der Waals surface area (Å²) in [6, 6.07) is 10.6. The number of carbonyl (C=O) groups excluding carboxylic acids is 1. The number of hydrogen-bond acceptors (Lipinski definition) is 3. The zero-order valence-corrected chi connectivity index (χ0v) is 24.8. The molecule has 4 aliphatic rings. The lowest BCUT2D eigenvalue weighted by molar-refractivity contribution is -0.0312. The molecule has 0 bridgehead atoms. The largest absolute Gasteiger partial charge is 0.454 e. The summed E-state index contributed by atoms with van der Waals surface area (Å²) in [5.41, 5.74) is 3.78. The highest BCUT2D eigenvalue weighted by atomic mass is 16.5. The Morgan fingerprint density at radius 2 is 1.85 bits per heavy atom. The summed E-state index contributed by atoms with van der Waals surface area (Å²) in [5.74, 6) is 2.54. The van der Waals surface area contributed by atoms with E-state index in [1.165, 1.54) is 68.9 Å². The summed E-state index contributed by atoms with van der Waals surface area (Å²) in [4.78, 5) is 13.0. The molecule has 1 aromatic carbocycles. The number of esters is 1. The quantitative estimate of drug-likeness (QED) is 0.183. The number of ether oxygens (including phenoxy) is 1. The Kier molecular flexibility index (Phi) is 8.42. The number of nitrogens with zero attached hydrogens (tertiary/aromatic N) is 1. The molecule has 0 radical (unpaired) electrons. The molecule has 0 unspecified atom stereocenters. The van der Waals surface area contributed by atoms with Crippen LogP contribution in [-0.2, 0) is 11.2 Å². The number of carbonyl (C=O) groups is 1. The first kappa shape index (κ1) is 28.2. The second-order valence-corrected chi connectivity index (χ2v) is 13.6. The van der Waals surface area contributed by atoms with Gasteiger partial charge in [0.05, 0.1) is 11.6 Å². The van der Waals surface area contributed by atoms with Crippen molar-refractivity contribution in [1.82, 2.24) is 0 Å². The van der Waals surface area contributed by atoms with Gasteiger partial charge in [-0.1, -0.05) is 76.3 Å². The van der Waals surface area contributed by atoms with Crippen LogP contribution in [0.3, 0.4) is 0 Å². The van der Waals surface area contributed by atoms with Gasteiger partial charge in [-0.05, 0) is 105 Å². The van der Waals surface area contributed by atoms with Crippen molar-refractivity contribution in [2.75, 3.05) is 0 Å². The molecule has 1 aromatic rings. The second-order valence-electron chi connectivity index (χ2n) is 13.6. The van der Waals surface area contributed by atoms with E-state index in [2.05, 4.69) is 64.1 Å². The highest BCUT2D eigenvalue weighted by Crippen LogP contribution is 2.66. The standard InChI is InChI=1S/C36H49NO2/c1-5-6-7-8-9-10-26-11-13-27(14-12-26)34(38)39-29-19-21-35(3)28(23-29)15-16-30-32-18-17-31(25(2)24-37)36(32,4)22-20-33(30)35/h11-15,19,21,25,29-33H,5-10,16-18,20,22-23H2,1-4H3/t25-,29+,30+,31-,32+,33+,35+,36-/m1/s1. The topological polar surface area (TPSA) is 50.1 Å². The zero-order chi connectivity index (χ0) is 27.6. The van der Waals surface area contributed by atoms with Gasteiger partial charge in [0.2, 0.25) is 0 Å². The van der Waals surface area contributed by atoms with Crippen LogP contribution in [0.5, 0.6) is 0 Å². The summed E-state index contributed by atoms with van der Waals surface area (Å²) < 4.78 is 6.01. The molecule has 2 fully saturated rings. The van der Waals surface area contributed by atoms with Crippen LogP contribution in [0.25, 0.3) is 0 Å². The Morgan fingerprint density at radius 1 is 1.08 bits per heavy atom. The molecule has 39 heavy (non-hydrogen) atoms. The molecular formula is C36H49NO2. The molecule has 3 heteroatoms. The van der Waals surface area contributed by atoms with Crippen molar-refractivity contribution in [3.05, 3.63) is 59.2 Å². The summed E-state index contributed by atoms with van der Waals surface area (Å²) >= 11 is 0. The minimum Gasteiger partial charge on any atom is -0.454 e. The Balaban J connectivity index is 1.20. The van der Waals surface area contributed by atoms with Crippen LogP contribution in [0, 0.1) is 51.8 Å². The average molecular weight is 528 g/mol. The first-order chi connectivity index (χ1) is 18.8. The highest BCUT2D eigenvalue weighted by molar-refractivity contribution is 5.89. The van der Waals surface area contributed by atoms with E-state index >= 15 is 0 Å². The molecular weight excluding hydrogens is 478 g/mol. The maximum Gasteiger partial charge on any atom is 0.338 e. The van der Waals surface area contributed by atoms with Gasteiger partial charge >= 0.3 is 5.97 Å². The molecule has 0 saturated heterocycles. The summed E-state index contributed by atoms with van der Waals surface area (Å²) in [7, 11) is 0. The van der Waals surface area contributed by atoms with Crippen LogP contribution in [0.15, 0.2) is 48.1 Å². The van der Waals surface area contributed by atoms with Crippen LogP contribution < -0.4 is 0 Å². The molecule has 0 spiro atoms. The average Bonchev–Trinajstić information content (AvgIpc) is 3.30. The number of nitriles is 1. The summed E-state index contributed by atoms with van der Waals surface area (Å²) in [5, 5.41) is 9.65. The van der Waals surface area contributed by atoms with Crippen molar-refractivity contribution in [2.24, 2.45) is 40.4 Å². The van der Waals surface area contributed by atoms with E-state index in [1.807, 2.05) is 12.1 Å². The van der Waals surface area contributed by atoms with Crippen LogP contribution in [-0.4, -0.2) is 12.1 Å². The zero-order valence-electron chi connectivity index (χ0n) is 24.8. The van der Waals surface area contributed by atoms with Crippen molar-refractivity contribution in [3.63, 3.8) is 0 Å². The first-order valence-electron chi connectivity index (χ1n) is 15.9. The van der Waals surface area contributed by atoms with Crippen molar-refractivity contribution < 1.29 is 9.53 Å². The molecule has 0 heterocycles. The van der Waals surface area contributed by atoms with E-state index in [0.717, 1.165) is 25.2 Å². The maximum absolute atomic E-state index is 13.0. The van der Waals surface area contributed by atoms with Gasteiger partial charge in [-0.2, -0.15) is 5.26 Å². The van der Waals surface area contributed by atoms with Crippen molar-refractivity contribution in [3.8, 4) is 6.07 Å². The highest BCUT2D eigenvalue weighted by Gasteiger charge is 2.58. The number of fused-ring (bicyclic) bond motifs is 5. The fourth-order valence-electron chi connectivity index (χ4n) is 9.20. The van der Waals surface area contributed by atoms with E-state index in [1.54, 1.807) is 0 Å². The van der Waals surface area contributed by atoms with Gasteiger partial charge in [0.1, 0.15) is 6.10 Å². The van der Waals surface area contributed by atoms with Gasteiger partial charge in [0.15, 0.2) is 0 Å². The summed E-state index contributed by atoms with van der Waals surface area (Å²) in [6.45, 7) is 9.31. The lowest BCUT2D eigenvalue weighted by Crippen LogP contribution is -2.49. The van der Waals surface area contributed by atoms with Gasteiger partial charge in [-0.15, -0.1) is 0 Å². The number of allylic oxidation sites excluding steroid dienone is 2. The van der Waals surface area contributed by atoms with Crippen LogP contribution in [0.4, 0.5) is 0 Å². The Morgan fingerprint density at radius 3 is 2.59 bits per heavy atom. The molecule has 3 nitrogen and oxygen atoms in total. The molecule has 0 amide bonds. The lowest BCUT2D eigenvalue weighted by atomic mass is 9.48. The molecule has 0 N–H and O–H groups in total. The molecule has 2 saturated carbocycles. The third-order valence-corrected chi connectivity index (χ3v) is 11.5. The minimum absolute atomic E-state index is 0.0604. The normalized spacial score (nSPS) is 35.7. The SMILES string of the molecule is CCCCCCCc1ccc(C(=O)O[C@H]2C=C[C@@]3(C)C(=CC[C@H]4[C@@H]5CC[C@H]([C@H](C)C#N)[C@@]5(C)CC[C@@H]43)C2)cc1.